The van der Waals surface area contributed by atoms with Crippen LogP contribution in [0.25, 0.3) is 11.3 Å². The van der Waals surface area contributed by atoms with Crippen LogP contribution in [0.2, 0.25) is 0 Å². The molecule has 1 amide bonds. The number of hydrogen-bond donors (Lipinski definition) is 2. The van der Waals surface area contributed by atoms with E-state index >= 15 is 0 Å². The first-order chi connectivity index (χ1) is 11.6. The van der Waals surface area contributed by atoms with Gasteiger partial charge in [-0.05, 0) is 25.0 Å². The van der Waals surface area contributed by atoms with Crippen molar-refractivity contribution < 1.29 is 9.90 Å². The van der Waals surface area contributed by atoms with Crippen molar-refractivity contribution in [2.24, 2.45) is 0 Å². The SMILES string of the molecule is O=C(O)N1CCC2(CCn3c(nc(-c4ccncc4)cc3=O)N2)C1. The fourth-order valence-electron chi connectivity index (χ4n) is 3.46. The number of pyridine rings is 1. The van der Waals surface area contributed by atoms with Gasteiger partial charge in [-0.2, -0.15) is 0 Å². The molecule has 2 aliphatic heterocycles. The number of rotatable bonds is 1. The zero-order valence-corrected chi connectivity index (χ0v) is 13.0. The molecular formula is C16H17N5O3. The molecule has 1 spiro atoms. The summed E-state index contributed by atoms with van der Waals surface area (Å²) >= 11 is 0. The Bertz CT molecular complexity index is 851. The Morgan fingerprint density at radius 2 is 2.00 bits per heavy atom. The van der Waals surface area contributed by atoms with Gasteiger partial charge in [-0.3, -0.25) is 14.3 Å². The van der Waals surface area contributed by atoms with Crippen molar-refractivity contribution in [3.05, 3.63) is 40.9 Å². The zero-order chi connectivity index (χ0) is 16.7. The minimum Gasteiger partial charge on any atom is -0.465 e. The average molecular weight is 327 g/mol. The van der Waals surface area contributed by atoms with Crippen molar-refractivity contribution in [3.63, 3.8) is 0 Å². The predicted molar refractivity (Wildman–Crippen MR) is 86.9 cm³/mol. The molecule has 0 radical (unpaired) electrons. The van der Waals surface area contributed by atoms with Crippen molar-refractivity contribution in [2.45, 2.75) is 24.9 Å². The topological polar surface area (TPSA) is 100 Å². The van der Waals surface area contributed by atoms with E-state index in [0.29, 0.717) is 44.1 Å². The number of aromatic nitrogens is 3. The van der Waals surface area contributed by atoms with Crippen LogP contribution >= 0.6 is 0 Å². The number of hydrogen-bond acceptors (Lipinski definition) is 5. The van der Waals surface area contributed by atoms with E-state index in [4.69, 9.17) is 0 Å². The van der Waals surface area contributed by atoms with E-state index in [2.05, 4.69) is 15.3 Å². The summed E-state index contributed by atoms with van der Waals surface area (Å²) in [5.41, 5.74) is 0.966. The summed E-state index contributed by atoms with van der Waals surface area (Å²) in [6, 6.07) is 5.13. The molecule has 1 saturated heterocycles. The van der Waals surface area contributed by atoms with E-state index in [-0.39, 0.29) is 11.1 Å². The molecule has 1 atom stereocenters. The summed E-state index contributed by atoms with van der Waals surface area (Å²) in [6.45, 7) is 1.45. The van der Waals surface area contributed by atoms with E-state index in [1.54, 1.807) is 29.1 Å². The number of nitrogens with zero attached hydrogens (tertiary/aromatic N) is 4. The standard InChI is InChI=1S/C16H17N5O3/c22-13-9-12(11-1-5-17-6-2-11)18-14-19-16(4-8-21(13)14)3-7-20(10-16)15(23)24/h1-2,5-6,9H,3-4,7-8,10H2,(H,18,19)(H,23,24). The first-order valence-electron chi connectivity index (χ1n) is 7.85. The van der Waals surface area contributed by atoms with Gasteiger partial charge in [0, 0.05) is 43.7 Å². The van der Waals surface area contributed by atoms with Crippen LogP contribution in [-0.4, -0.2) is 49.3 Å². The highest BCUT2D eigenvalue weighted by Gasteiger charge is 2.42. The van der Waals surface area contributed by atoms with Gasteiger partial charge in [0.25, 0.3) is 5.56 Å². The van der Waals surface area contributed by atoms with Crippen LogP contribution < -0.4 is 10.9 Å². The number of likely N-dealkylation sites (tertiary alicyclic amines) is 1. The monoisotopic (exact) mass is 327 g/mol. The predicted octanol–water partition coefficient (Wildman–Crippen LogP) is 1.24. The van der Waals surface area contributed by atoms with Crippen molar-refractivity contribution in [2.75, 3.05) is 18.4 Å². The third-order valence-corrected chi connectivity index (χ3v) is 4.80. The molecule has 2 aliphatic rings. The minimum atomic E-state index is -0.907. The molecule has 1 unspecified atom stereocenters. The normalized spacial score (nSPS) is 22.2. The molecule has 2 N–H and O–H groups in total. The Hall–Kier alpha value is -2.90. The lowest BCUT2D eigenvalue weighted by molar-refractivity contribution is 0.152. The van der Waals surface area contributed by atoms with Gasteiger partial charge in [-0.25, -0.2) is 9.78 Å². The van der Waals surface area contributed by atoms with Crippen LogP contribution in [0.5, 0.6) is 0 Å². The van der Waals surface area contributed by atoms with Gasteiger partial charge in [0.15, 0.2) is 0 Å². The Kier molecular flexibility index (Phi) is 3.26. The van der Waals surface area contributed by atoms with Crippen LogP contribution in [0.1, 0.15) is 12.8 Å². The summed E-state index contributed by atoms with van der Waals surface area (Å²) in [4.78, 5) is 33.6. The Labute approximate surface area is 137 Å². The van der Waals surface area contributed by atoms with Gasteiger partial charge in [0.1, 0.15) is 0 Å². The molecular weight excluding hydrogens is 310 g/mol. The fourth-order valence-corrected chi connectivity index (χ4v) is 3.46. The largest absolute Gasteiger partial charge is 0.465 e. The Morgan fingerprint density at radius 1 is 1.25 bits per heavy atom. The van der Waals surface area contributed by atoms with Crippen molar-refractivity contribution in [1.29, 1.82) is 0 Å². The number of nitrogens with one attached hydrogen (secondary N) is 1. The zero-order valence-electron chi connectivity index (χ0n) is 13.0. The highest BCUT2D eigenvalue weighted by atomic mass is 16.4. The molecule has 0 bridgehead atoms. The second-order valence-electron chi connectivity index (χ2n) is 6.30. The molecule has 2 aromatic heterocycles. The number of anilines is 1. The molecule has 124 valence electrons. The number of amides is 1. The number of carbonyl (C=O) groups is 1. The molecule has 8 nitrogen and oxygen atoms in total. The average Bonchev–Trinajstić information content (AvgIpc) is 2.99. The first-order valence-corrected chi connectivity index (χ1v) is 7.85. The molecule has 2 aromatic rings. The summed E-state index contributed by atoms with van der Waals surface area (Å²) in [5.74, 6) is 0.507. The molecule has 0 aromatic carbocycles. The summed E-state index contributed by atoms with van der Waals surface area (Å²) in [5, 5.41) is 12.5. The minimum absolute atomic E-state index is 0.109. The Morgan fingerprint density at radius 3 is 2.71 bits per heavy atom. The first kappa shape index (κ1) is 14.7. The highest BCUT2D eigenvalue weighted by molar-refractivity contribution is 5.66. The van der Waals surface area contributed by atoms with E-state index < -0.39 is 6.09 Å². The van der Waals surface area contributed by atoms with Gasteiger partial charge < -0.3 is 15.3 Å². The van der Waals surface area contributed by atoms with E-state index in [9.17, 15) is 14.7 Å². The second-order valence-corrected chi connectivity index (χ2v) is 6.30. The molecule has 8 heteroatoms. The number of carboxylic acid groups (broad SMARTS) is 1. The van der Waals surface area contributed by atoms with Crippen molar-refractivity contribution in [1.82, 2.24) is 19.4 Å². The van der Waals surface area contributed by atoms with Gasteiger partial charge in [-0.1, -0.05) is 0 Å². The van der Waals surface area contributed by atoms with Gasteiger partial charge in [0.2, 0.25) is 5.95 Å². The van der Waals surface area contributed by atoms with Gasteiger partial charge in [0.05, 0.1) is 11.2 Å². The fraction of sp³-hybridized carbons (Fsp3) is 0.375. The number of fused-ring (bicyclic) bond motifs is 1. The maximum atomic E-state index is 12.4. The van der Waals surface area contributed by atoms with E-state index in [1.165, 1.54) is 11.0 Å². The molecule has 1 fully saturated rings. The molecule has 4 rings (SSSR count). The lowest BCUT2D eigenvalue weighted by Gasteiger charge is -2.36. The molecule has 24 heavy (non-hydrogen) atoms. The lowest BCUT2D eigenvalue weighted by Crippen LogP contribution is -2.48. The molecule has 0 saturated carbocycles. The smallest absolute Gasteiger partial charge is 0.407 e. The maximum absolute atomic E-state index is 12.4. The van der Waals surface area contributed by atoms with Crippen LogP contribution in [0, 0.1) is 0 Å². The van der Waals surface area contributed by atoms with Gasteiger partial charge >= 0.3 is 6.09 Å². The maximum Gasteiger partial charge on any atom is 0.407 e. The van der Waals surface area contributed by atoms with Crippen LogP contribution in [0.3, 0.4) is 0 Å². The van der Waals surface area contributed by atoms with Crippen LogP contribution in [-0.2, 0) is 6.54 Å². The third-order valence-electron chi connectivity index (χ3n) is 4.80. The van der Waals surface area contributed by atoms with E-state index in [0.717, 1.165) is 5.56 Å². The molecule has 0 aliphatic carbocycles. The lowest BCUT2D eigenvalue weighted by atomic mass is 9.93. The summed E-state index contributed by atoms with van der Waals surface area (Å²) < 4.78 is 1.61. The second kappa shape index (κ2) is 5.33. The quantitative estimate of drug-likeness (QED) is 0.817. The highest BCUT2D eigenvalue weighted by Crippen LogP contribution is 2.33. The van der Waals surface area contributed by atoms with E-state index in [1.807, 2.05) is 0 Å². The third kappa shape index (κ3) is 2.40. The Balaban J connectivity index is 1.69. The summed E-state index contributed by atoms with van der Waals surface area (Å²) in [7, 11) is 0. The van der Waals surface area contributed by atoms with Crippen LogP contribution in [0.4, 0.5) is 10.7 Å². The summed E-state index contributed by atoms with van der Waals surface area (Å²) in [6.07, 6.45) is 3.83. The van der Waals surface area contributed by atoms with Gasteiger partial charge in [-0.15, -0.1) is 0 Å². The molecule has 4 heterocycles. The van der Waals surface area contributed by atoms with Crippen molar-refractivity contribution in [3.8, 4) is 11.3 Å². The van der Waals surface area contributed by atoms with Crippen LogP contribution in [0.15, 0.2) is 35.4 Å². The van der Waals surface area contributed by atoms with Crippen molar-refractivity contribution >= 4 is 12.0 Å².